The summed E-state index contributed by atoms with van der Waals surface area (Å²) in [4.78, 5) is 0. The molecule has 1 saturated carbocycles. The molecule has 3 heterocycles. The molecule has 3 N–H and O–H groups in total. The minimum absolute atomic E-state index is 0.139. The van der Waals surface area contributed by atoms with E-state index >= 15 is 0 Å². The second kappa shape index (κ2) is 5.37. The number of hydrogen-bond acceptors (Lipinski definition) is 7. The largest absolute Gasteiger partial charge is 0.347 e. The summed E-state index contributed by atoms with van der Waals surface area (Å²) in [6.07, 6.45) is 4.49. The Labute approximate surface area is 130 Å². The summed E-state index contributed by atoms with van der Waals surface area (Å²) in [5, 5.41) is 0. The molecule has 4 fully saturated rings. The molecular formula is C15H26N2O5. The van der Waals surface area contributed by atoms with Crippen LogP contribution in [0.3, 0.4) is 0 Å². The summed E-state index contributed by atoms with van der Waals surface area (Å²) in [7, 11) is 0. The standard InChI is InChI=1S/C15H26N2O5/c1-14(2)21-12-10(17-16)11(19-13(12)22-14)9-8-18-15(20-9)6-4-3-5-7-15/h9-13,17H,3-8,16H2,1-2H3/t9-,10-,11-,12-,13-/m1/s1. The van der Waals surface area contributed by atoms with Crippen molar-refractivity contribution in [3.05, 3.63) is 0 Å². The van der Waals surface area contributed by atoms with Gasteiger partial charge in [-0.25, -0.2) is 0 Å². The Bertz CT molecular complexity index is 426. The summed E-state index contributed by atoms with van der Waals surface area (Å²) < 4.78 is 30.0. The van der Waals surface area contributed by atoms with E-state index in [-0.39, 0.29) is 24.4 Å². The highest BCUT2D eigenvalue weighted by Crippen LogP contribution is 2.43. The van der Waals surface area contributed by atoms with Gasteiger partial charge in [-0.2, -0.15) is 0 Å². The molecule has 7 heteroatoms. The molecule has 22 heavy (non-hydrogen) atoms. The maximum absolute atomic E-state index is 6.27. The normalized spacial score (nSPS) is 46.2. The van der Waals surface area contributed by atoms with Crippen LogP contribution in [0.25, 0.3) is 0 Å². The van der Waals surface area contributed by atoms with Crippen molar-refractivity contribution in [2.45, 2.75) is 88.2 Å². The smallest absolute Gasteiger partial charge is 0.189 e. The Morgan fingerprint density at radius 3 is 2.50 bits per heavy atom. The van der Waals surface area contributed by atoms with E-state index in [4.69, 9.17) is 29.5 Å². The number of nitrogens with two attached hydrogens (primary N) is 1. The van der Waals surface area contributed by atoms with Crippen molar-refractivity contribution in [3.8, 4) is 0 Å². The number of fused-ring (bicyclic) bond motifs is 1. The molecule has 1 aliphatic carbocycles. The van der Waals surface area contributed by atoms with Gasteiger partial charge in [-0.05, 0) is 26.7 Å². The van der Waals surface area contributed by atoms with Gasteiger partial charge in [0.15, 0.2) is 17.9 Å². The fourth-order valence-electron chi connectivity index (χ4n) is 4.13. The van der Waals surface area contributed by atoms with Crippen LogP contribution in [0.4, 0.5) is 0 Å². The minimum Gasteiger partial charge on any atom is -0.347 e. The lowest BCUT2D eigenvalue weighted by Crippen LogP contribution is -2.53. The first-order valence-corrected chi connectivity index (χ1v) is 8.31. The van der Waals surface area contributed by atoms with E-state index in [1.807, 2.05) is 13.8 Å². The third kappa shape index (κ3) is 2.49. The molecule has 4 aliphatic rings. The van der Waals surface area contributed by atoms with Gasteiger partial charge >= 0.3 is 0 Å². The summed E-state index contributed by atoms with van der Waals surface area (Å²) in [5.74, 6) is 4.69. The summed E-state index contributed by atoms with van der Waals surface area (Å²) in [6.45, 7) is 4.29. The monoisotopic (exact) mass is 314 g/mol. The van der Waals surface area contributed by atoms with E-state index in [1.165, 1.54) is 6.42 Å². The summed E-state index contributed by atoms with van der Waals surface area (Å²) >= 11 is 0. The molecule has 3 aliphatic heterocycles. The second-order valence-electron chi connectivity index (χ2n) is 7.20. The van der Waals surface area contributed by atoms with Gasteiger partial charge in [0, 0.05) is 12.8 Å². The molecule has 5 atom stereocenters. The van der Waals surface area contributed by atoms with Gasteiger partial charge in [0.05, 0.1) is 12.6 Å². The van der Waals surface area contributed by atoms with Crippen LogP contribution >= 0.6 is 0 Å². The van der Waals surface area contributed by atoms with Crippen molar-refractivity contribution < 1.29 is 23.7 Å². The van der Waals surface area contributed by atoms with Crippen molar-refractivity contribution in [2.75, 3.05) is 6.61 Å². The molecule has 4 rings (SSSR count). The SMILES string of the molecule is CC1(C)O[C@H]2O[C@H]([C@H]3COC4(CCCCC4)O3)[C@@H](NN)[C@H]2O1. The molecule has 0 radical (unpaired) electrons. The maximum atomic E-state index is 6.27. The van der Waals surface area contributed by atoms with Crippen molar-refractivity contribution in [2.24, 2.45) is 5.84 Å². The lowest BCUT2D eigenvalue weighted by atomic mass is 9.94. The summed E-state index contributed by atoms with van der Waals surface area (Å²) in [6, 6.07) is -0.167. The number of rotatable bonds is 2. The van der Waals surface area contributed by atoms with Crippen LogP contribution in [0.1, 0.15) is 46.0 Å². The molecular weight excluding hydrogens is 288 g/mol. The lowest BCUT2D eigenvalue weighted by Gasteiger charge is -2.33. The van der Waals surface area contributed by atoms with Gasteiger partial charge in [0.2, 0.25) is 0 Å². The quantitative estimate of drug-likeness (QED) is 0.575. The highest BCUT2D eigenvalue weighted by atomic mass is 16.8. The van der Waals surface area contributed by atoms with E-state index in [0.717, 1.165) is 25.7 Å². The first kappa shape index (κ1) is 15.3. The predicted molar refractivity (Wildman–Crippen MR) is 76.5 cm³/mol. The zero-order valence-electron chi connectivity index (χ0n) is 13.2. The minimum atomic E-state index is -0.646. The van der Waals surface area contributed by atoms with Crippen LogP contribution in [0.5, 0.6) is 0 Å². The average molecular weight is 314 g/mol. The van der Waals surface area contributed by atoms with E-state index in [1.54, 1.807) is 0 Å². The Morgan fingerprint density at radius 2 is 1.77 bits per heavy atom. The van der Waals surface area contributed by atoms with E-state index in [2.05, 4.69) is 5.43 Å². The molecule has 0 aromatic carbocycles. The van der Waals surface area contributed by atoms with Crippen LogP contribution in [-0.2, 0) is 23.7 Å². The Balaban J connectivity index is 1.45. The number of hydrazine groups is 1. The van der Waals surface area contributed by atoms with Crippen LogP contribution in [0.15, 0.2) is 0 Å². The van der Waals surface area contributed by atoms with Crippen LogP contribution in [0.2, 0.25) is 0 Å². The molecule has 0 amide bonds. The second-order valence-corrected chi connectivity index (χ2v) is 7.20. The fourth-order valence-corrected chi connectivity index (χ4v) is 4.13. The van der Waals surface area contributed by atoms with Crippen molar-refractivity contribution in [3.63, 3.8) is 0 Å². The van der Waals surface area contributed by atoms with E-state index in [9.17, 15) is 0 Å². The zero-order chi connectivity index (χ0) is 15.4. The van der Waals surface area contributed by atoms with Gasteiger partial charge in [-0.15, -0.1) is 0 Å². The molecule has 3 saturated heterocycles. The molecule has 0 unspecified atom stereocenters. The van der Waals surface area contributed by atoms with Crippen molar-refractivity contribution in [1.82, 2.24) is 5.43 Å². The highest BCUT2D eigenvalue weighted by Gasteiger charge is 2.58. The molecule has 7 nitrogen and oxygen atoms in total. The Morgan fingerprint density at radius 1 is 1.00 bits per heavy atom. The first-order chi connectivity index (χ1) is 10.5. The van der Waals surface area contributed by atoms with Crippen LogP contribution in [0, 0.1) is 0 Å². The third-order valence-electron chi connectivity index (χ3n) is 5.14. The topological polar surface area (TPSA) is 84.2 Å². The van der Waals surface area contributed by atoms with Gasteiger partial charge < -0.3 is 23.7 Å². The first-order valence-electron chi connectivity index (χ1n) is 8.31. The lowest BCUT2D eigenvalue weighted by molar-refractivity contribution is -0.231. The number of hydrogen-bond donors (Lipinski definition) is 2. The van der Waals surface area contributed by atoms with E-state index in [0.29, 0.717) is 6.61 Å². The van der Waals surface area contributed by atoms with Crippen molar-refractivity contribution >= 4 is 0 Å². The van der Waals surface area contributed by atoms with Gasteiger partial charge in [-0.3, -0.25) is 11.3 Å². The zero-order valence-corrected chi connectivity index (χ0v) is 13.2. The van der Waals surface area contributed by atoms with E-state index < -0.39 is 17.9 Å². The number of nitrogens with one attached hydrogen (secondary N) is 1. The van der Waals surface area contributed by atoms with Gasteiger partial charge in [0.1, 0.15) is 18.3 Å². The molecule has 0 aromatic heterocycles. The van der Waals surface area contributed by atoms with Crippen LogP contribution < -0.4 is 11.3 Å². The summed E-state index contributed by atoms with van der Waals surface area (Å²) in [5.41, 5.74) is 2.83. The average Bonchev–Trinajstić information content (AvgIpc) is 3.10. The Kier molecular flexibility index (Phi) is 3.73. The fraction of sp³-hybridized carbons (Fsp3) is 1.00. The molecule has 1 spiro atoms. The van der Waals surface area contributed by atoms with Gasteiger partial charge in [-0.1, -0.05) is 6.42 Å². The highest BCUT2D eigenvalue weighted by molar-refractivity contribution is 5.01. The molecule has 0 bridgehead atoms. The Hall–Kier alpha value is -0.280. The van der Waals surface area contributed by atoms with Crippen molar-refractivity contribution in [1.29, 1.82) is 0 Å². The number of ether oxygens (including phenoxy) is 5. The molecule has 126 valence electrons. The molecule has 0 aromatic rings. The predicted octanol–water partition coefficient (Wildman–Crippen LogP) is 0.771. The third-order valence-corrected chi connectivity index (χ3v) is 5.14. The van der Waals surface area contributed by atoms with Gasteiger partial charge in [0.25, 0.3) is 0 Å². The maximum Gasteiger partial charge on any atom is 0.189 e. The van der Waals surface area contributed by atoms with Crippen LogP contribution in [-0.4, -0.2) is 48.8 Å².